The molecule has 1 unspecified atom stereocenters. The van der Waals surface area contributed by atoms with E-state index >= 15 is 0 Å². The van der Waals surface area contributed by atoms with Gasteiger partial charge in [0, 0.05) is 23.2 Å². The van der Waals surface area contributed by atoms with Crippen molar-refractivity contribution in [1.29, 1.82) is 0 Å². The molecule has 3 rings (SSSR count). The minimum absolute atomic E-state index is 0.456. The second-order valence-corrected chi connectivity index (χ2v) is 6.04. The molecule has 1 aromatic heterocycles. The van der Waals surface area contributed by atoms with Crippen molar-refractivity contribution >= 4 is 17.0 Å². The Labute approximate surface area is 118 Å². The molecule has 1 aliphatic carbocycles. The van der Waals surface area contributed by atoms with Crippen molar-refractivity contribution in [3.8, 4) is 0 Å². The number of ether oxygens (including phenoxy) is 1. The lowest BCUT2D eigenvalue weighted by Gasteiger charge is -2.20. The summed E-state index contributed by atoms with van der Waals surface area (Å²) in [5.41, 5.74) is 2.43. The molecule has 1 saturated carbocycles. The number of thiophene rings is 1. The van der Waals surface area contributed by atoms with Crippen LogP contribution in [0.3, 0.4) is 0 Å². The molecule has 0 spiro atoms. The highest BCUT2D eigenvalue weighted by Crippen LogP contribution is 2.44. The van der Waals surface area contributed by atoms with Crippen molar-refractivity contribution in [2.24, 2.45) is 5.92 Å². The van der Waals surface area contributed by atoms with Gasteiger partial charge in [0.25, 0.3) is 0 Å². The third kappa shape index (κ3) is 2.99. The van der Waals surface area contributed by atoms with E-state index in [4.69, 9.17) is 4.74 Å². The van der Waals surface area contributed by atoms with Gasteiger partial charge in [-0.1, -0.05) is 24.3 Å². The van der Waals surface area contributed by atoms with E-state index in [2.05, 4.69) is 47.1 Å². The lowest BCUT2D eigenvalue weighted by atomic mass is 10.1. The minimum Gasteiger partial charge on any atom is -0.380 e. The van der Waals surface area contributed by atoms with Crippen molar-refractivity contribution in [1.82, 2.24) is 0 Å². The second kappa shape index (κ2) is 5.76. The summed E-state index contributed by atoms with van der Waals surface area (Å²) in [6.45, 7) is 0.658. The Balaban J connectivity index is 1.82. The average Bonchev–Trinajstić information content (AvgIpc) is 3.12. The molecule has 19 heavy (non-hydrogen) atoms. The van der Waals surface area contributed by atoms with Crippen LogP contribution in [0.4, 0.5) is 5.69 Å². The summed E-state index contributed by atoms with van der Waals surface area (Å²) in [6.07, 6.45) is 2.67. The van der Waals surface area contributed by atoms with Crippen molar-refractivity contribution in [2.75, 3.05) is 12.4 Å². The molecule has 0 amide bonds. The Kier molecular flexibility index (Phi) is 3.85. The highest BCUT2D eigenvalue weighted by atomic mass is 32.1. The second-order valence-electron chi connectivity index (χ2n) is 5.07. The van der Waals surface area contributed by atoms with Gasteiger partial charge in [-0.3, -0.25) is 0 Å². The van der Waals surface area contributed by atoms with Crippen LogP contribution in [0.1, 0.15) is 29.3 Å². The molecule has 3 heteroatoms. The zero-order valence-electron chi connectivity index (χ0n) is 11.1. The first-order valence-corrected chi connectivity index (χ1v) is 7.63. The van der Waals surface area contributed by atoms with Crippen molar-refractivity contribution in [3.05, 3.63) is 52.2 Å². The lowest BCUT2D eigenvalue weighted by Crippen LogP contribution is -2.13. The van der Waals surface area contributed by atoms with Crippen molar-refractivity contribution < 1.29 is 4.74 Å². The predicted molar refractivity (Wildman–Crippen MR) is 80.6 cm³/mol. The Morgan fingerprint density at radius 3 is 2.79 bits per heavy atom. The molecule has 2 nitrogen and oxygen atoms in total. The average molecular weight is 273 g/mol. The summed E-state index contributed by atoms with van der Waals surface area (Å²) in [4.78, 5) is 1.44. The van der Waals surface area contributed by atoms with Crippen LogP contribution in [0.15, 0.2) is 41.8 Å². The van der Waals surface area contributed by atoms with Crippen LogP contribution >= 0.6 is 11.3 Å². The van der Waals surface area contributed by atoms with Crippen LogP contribution in [0.2, 0.25) is 0 Å². The Morgan fingerprint density at radius 1 is 1.26 bits per heavy atom. The molecule has 1 N–H and O–H groups in total. The van der Waals surface area contributed by atoms with Gasteiger partial charge in [0.15, 0.2) is 0 Å². The molecular formula is C16H19NOS. The maximum Gasteiger partial charge on any atom is 0.0733 e. The summed E-state index contributed by atoms with van der Waals surface area (Å²) in [5.74, 6) is 0.786. The quantitative estimate of drug-likeness (QED) is 0.839. The molecule has 1 aliphatic rings. The molecule has 0 radical (unpaired) electrons. The van der Waals surface area contributed by atoms with Gasteiger partial charge >= 0.3 is 0 Å². The van der Waals surface area contributed by atoms with Gasteiger partial charge in [0.05, 0.1) is 12.6 Å². The van der Waals surface area contributed by atoms with Crippen LogP contribution in [-0.4, -0.2) is 7.11 Å². The Morgan fingerprint density at radius 2 is 2.11 bits per heavy atom. The third-order valence-electron chi connectivity index (χ3n) is 3.57. The predicted octanol–water partition coefficient (Wildman–Crippen LogP) is 4.46. The topological polar surface area (TPSA) is 21.3 Å². The Bertz CT molecular complexity index is 519. The van der Waals surface area contributed by atoms with Crippen LogP contribution in [0.5, 0.6) is 0 Å². The molecule has 1 atom stereocenters. The van der Waals surface area contributed by atoms with Gasteiger partial charge in [-0.25, -0.2) is 0 Å². The highest BCUT2D eigenvalue weighted by molar-refractivity contribution is 7.10. The van der Waals surface area contributed by atoms with E-state index in [9.17, 15) is 0 Å². The van der Waals surface area contributed by atoms with Gasteiger partial charge in [-0.05, 0) is 36.3 Å². The molecule has 1 heterocycles. The van der Waals surface area contributed by atoms with Crippen LogP contribution < -0.4 is 5.32 Å². The largest absolute Gasteiger partial charge is 0.380 e. The van der Waals surface area contributed by atoms with E-state index in [-0.39, 0.29) is 0 Å². The maximum atomic E-state index is 5.28. The fourth-order valence-electron chi connectivity index (χ4n) is 2.43. The number of rotatable bonds is 6. The number of para-hydroxylation sites is 1. The molecule has 0 bridgehead atoms. The first-order valence-electron chi connectivity index (χ1n) is 6.75. The summed E-state index contributed by atoms with van der Waals surface area (Å²) in [7, 11) is 1.74. The summed E-state index contributed by atoms with van der Waals surface area (Å²) in [5, 5.41) is 5.89. The van der Waals surface area contributed by atoms with Gasteiger partial charge in [0.1, 0.15) is 0 Å². The summed E-state index contributed by atoms with van der Waals surface area (Å²) >= 11 is 1.84. The lowest BCUT2D eigenvalue weighted by molar-refractivity contribution is 0.185. The first-order chi connectivity index (χ1) is 9.38. The summed E-state index contributed by atoms with van der Waals surface area (Å²) in [6, 6.07) is 13.3. The molecule has 2 aromatic rings. The summed E-state index contributed by atoms with van der Waals surface area (Å²) < 4.78 is 5.28. The number of nitrogens with one attached hydrogen (secondary N) is 1. The van der Waals surface area contributed by atoms with Crippen LogP contribution in [-0.2, 0) is 11.3 Å². The van der Waals surface area contributed by atoms with Gasteiger partial charge in [0.2, 0.25) is 0 Å². The van der Waals surface area contributed by atoms with E-state index in [0.717, 1.165) is 5.92 Å². The van der Waals surface area contributed by atoms with Crippen LogP contribution in [0, 0.1) is 5.92 Å². The molecule has 100 valence electrons. The highest BCUT2D eigenvalue weighted by Gasteiger charge is 2.33. The number of anilines is 1. The van der Waals surface area contributed by atoms with E-state index < -0.39 is 0 Å². The zero-order valence-corrected chi connectivity index (χ0v) is 12.0. The first kappa shape index (κ1) is 12.7. The normalized spacial score (nSPS) is 16.3. The molecule has 0 saturated heterocycles. The molecular weight excluding hydrogens is 254 g/mol. The van der Waals surface area contributed by atoms with Gasteiger partial charge in [-0.2, -0.15) is 0 Å². The molecule has 1 fully saturated rings. The SMILES string of the molecule is COCc1ccccc1NC(c1cccs1)C1CC1. The smallest absolute Gasteiger partial charge is 0.0733 e. The number of methoxy groups -OCH3 is 1. The standard InChI is InChI=1S/C16H19NOS/c1-18-11-13-5-2-3-6-14(13)17-16(12-8-9-12)15-7-4-10-19-15/h2-7,10,12,16-17H,8-9,11H2,1H3. The van der Waals surface area contributed by atoms with Crippen molar-refractivity contribution in [2.45, 2.75) is 25.5 Å². The number of hydrogen-bond donors (Lipinski definition) is 1. The zero-order chi connectivity index (χ0) is 13.1. The van der Waals surface area contributed by atoms with Crippen molar-refractivity contribution in [3.63, 3.8) is 0 Å². The number of benzene rings is 1. The number of hydrogen-bond acceptors (Lipinski definition) is 3. The third-order valence-corrected chi connectivity index (χ3v) is 4.53. The van der Waals surface area contributed by atoms with E-state index in [1.54, 1.807) is 7.11 Å². The van der Waals surface area contributed by atoms with E-state index in [0.29, 0.717) is 12.6 Å². The van der Waals surface area contributed by atoms with Gasteiger partial charge < -0.3 is 10.1 Å². The maximum absolute atomic E-state index is 5.28. The van der Waals surface area contributed by atoms with E-state index in [1.165, 1.54) is 29.0 Å². The minimum atomic E-state index is 0.456. The fourth-order valence-corrected chi connectivity index (χ4v) is 3.30. The molecule has 0 aliphatic heterocycles. The van der Waals surface area contributed by atoms with Crippen LogP contribution in [0.25, 0.3) is 0 Å². The van der Waals surface area contributed by atoms with E-state index in [1.807, 2.05) is 11.3 Å². The molecule has 1 aromatic carbocycles. The van der Waals surface area contributed by atoms with Gasteiger partial charge in [-0.15, -0.1) is 11.3 Å². The fraction of sp³-hybridized carbons (Fsp3) is 0.375. The Hall–Kier alpha value is -1.32. The monoisotopic (exact) mass is 273 g/mol.